The molecule has 0 amide bonds. The summed E-state index contributed by atoms with van der Waals surface area (Å²) in [6.45, 7) is 0.227. The van der Waals surface area contributed by atoms with E-state index in [0.717, 1.165) is 28.2 Å². The van der Waals surface area contributed by atoms with Gasteiger partial charge in [0.2, 0.25) is 0 Å². The largest absolute Gasteiger partial charge is 0.359 e. The Bertz CT molecular complexity index is 1320. The molecule has 6 rings (SSSR count). The first-order valence-electron chi connectivity index (χ1n) is 10.0. The zero-order chi connectivity index (χ0) is 21.0. The molecule has 0 atom stereocenters. The molecular formula is C23H18F2N6. The number of imidazole rings is 1. The van der Waals surface area contributed by atoms with Gasteiger partial charge in [-0.3, -0.25) is 4.99 Å². The average molecular weight is 416 g/mol. The molecule has 1 saturated heterocycles. The first-order chi connectivity index (χ1) is 15.0. The summed E-state index contributed by atoms with van der Waals surface area (Å²) in [7, 11) is 0. The molecule has 2 aromatic carbocycles. The highest BCUT2D eigenvalue weighted by atomic mass is 19.3. The Morgan fingerprint density at radius 3 is 2.68 bits per heavy atom. The lowest BCUT2D eigenvalue weighted by Gasteiger charge is -2.40. The molecule has 0 aliphatic carbocycles. The Balaban J connectivity index is 1.31. The van der Waals surface area contributed by atoms with Crippen LogP contribution in [0.4, 0.5) is 26.0 Å². The molecule has 0 saturated carbocycles. The van der Waals surface area contributed by atoms with Crippen LogP contribution in [0.5, 0.6) is 0 Å². The second kappa shape index (κ2) is 6.60. The standard InChI is InChI=1S/C23H18F2N6/c24-23(25)13-31(14-23)19-5-3-18(4-6-19)28-21-22-27-7-8-30(22)12-20(29-21)15-1-2-16-10-26-11-17(16)9-15/h1-10,12H,11,13-14H2,(H,28,29). The normalized spacial score (nSPS) is 16.4. The van der Waals surface area contributed by atoms with Gasteiger partial charge in [-0.15, -0.1) is 0 Å². The molecule has 2 aliphatic heterocycles. The first-order valence-corrected chi connectivity index (χ1v) is 10.0. The smallest absolute Gasteiger partial charge is 0.282 e. The summed E-state index contributed by atoms with van der Waals surface area (Å²) in [4.78, 5) is 15.2. The van der Waals surface area contributed by atoms with E-state index in [1.54, 1.807) is 11.1 Å². The summed E-state index contributed by atoms with van der Waals surface area (Å²) in [5, 5.41) is 3.33. The number of alkyl halides is 2. The topological polar surface area (TPSA) is 57.8 Å². The molecule has 8 heteroatoms. The number of anilines is 3. The predicted molar refractivity (Wildman–Crippen MR) is 117 cm³/mol. The highest BCUT2D eigenvalue weighted by molar-refractivity contribution is 5.86. The number of benzene rings is 2. The van der Waals surface area contributed by atoms with Crippen molar-refractivity contribution in [3.63, 3.8) is 0 Å². The van der Waals surface area contributed by atoms with Gasteiger partial charge in [0, 0.05) is 41.7 Å². The summed E-state index contributed by atoms with van der Waals surface area (Å²) in [5.41, 5.74) is 6.47. The van der Waals surface area contributed by atoms with Gasteiger partial charge in [-0.25, -0.2) is 18.7 Å². The van der Waals surface area contributed by atoms with Crippen LogP contribution < -0.4 is 10.2 Å². The molecule has 0 bridgehead atoms. The van der Waals surface area contributed by atoms with Gasteiger partial charge in [-0.2, -0.15) is 0 Å². The number of fused-ring (bicyclic) bond motifs is 2. The molecule has 2 aromatic heterocycles. The van der Waals surface area contributed by atoms with Crippen molar-refractivity contribution in [3.05, 3.63) is 72.2 Å². The van der Waals surface area contributed by atoms with E-state index in [4.69, 9.17) is 4.98 Å². The predicted octanol–water partition coefficient (Wildman–Crippen LogP) is 4.53. The number of halogens is 2. The number of hydrogen-bond acceptors (Lipinski definition) is 5. The van der Waals surface area contributed by atoms with Crippen molar-refractivity contribution in [2.24, 2.45) is 4.99 Å². The Labute approximate surface area is 176 Å². The quantitative estimate of drug-likeness (QED) is 0.531. The minimum absolute atomic E-state index is 0.232. The van der Waals surface area contributed by atoms with Gasteiger partial charge in [0.15, 0.2) is 11.5 Å². The van der Waals surface area contributed by atoms with Crippen molar-refractivity contribution in [1.82, 2.24) is 14.4 Å². The van der Waals surface area contributed by atoms with Gasteiger partial charge < -0.3 is 14.6 Å². The second-order valence-corrected chi connectivity index (χ2v) is 7.90. The number of rotatable bonds is 4. The lowest BCUT2D eigenvalue weighted by atomic mass is 10.0. The van der Waals surface area contributed by atoms with Crippen molar-refractivity contribution in [3.8, 4) is 11.3 Å². The van der Waals surface area contributed by atoms with Gasteiger partial charge in [-0.1, -0.05) is 12.1 Å². The van der Waals surface area contributed by atoms with Crippen molar-refractivity contribution in [2.75, 3.05) is 23.3 Å². The van der Waals surface area contributed by atoms with E-state index in [-0.39, 0.29) is 13.1 Å². The summed E-state index contributed by atoms with van der Waals surface area (Å²) in [5.74, 6) is -1.96. The fraction of sp³-hybridized carbons (Fsp3) is 0.174. The summed E-state index contributed by atoms with van der Waals surface area (Å²) < 4.78 is 28.2. The summed E-state index contributed by atoms with van der Waals surface area (Å²) in [6.07, 6.45) is 7.47. The third-order valence-electron chi connectivity index (χ3n) is 5.64. The minimum Gasteiger partial charge on any atom is -0.359 e. The van der Waals surface area contributed by atoms with E-state index in [1.165, 1.54) is 5.56 Å². The molecular weight excluding hydrogens is 398 g/mol. The molecule has 31 heavy (non-hydrogen) atoms. The third-order valence-corrected chi connectivity index (χ3v) is 5.64. The Hall–Kier alpha value is -3.81. The Morgan fingerprint density at radius 1 is 1.03 bits per heavy atom. The van der Waals surface area contributed by atoms with Crippen LogP contribution in [0.1, 0.15) is 11.1 Å². The molecule has 0 unspecified atom stereocenters. The highest BCUT2D eigenvalue weighted by Crippen LogP contribution is 2.33. The molecule has 4 heterocycles. The van der Waals surface area contributed by atoms with E-state index in [2.05, 4.69) is 27.4 Å². The van der Waals surface area contributed by atoms with Crippen molar-refractivity contribution < 1.29 is 8.78 Å². The van der Waals surface area contributed by atoms with E-state index < -0.39 is 5.92 Å². The number of nitrogens with one attached hydrogen (secondary N) is 1. The molecule has 1 fully saturated rings. The maximum atomic E-state index is 13.1. The highest BCUT2D eigenvalue weighted by Gasteiger charge is 2.43. The van der Waals surface area contributed by atoms with Crippen LogP contribution in [-0.4, -0.2) is 39.6 Å². The second-order valence-electron chi connectivity index (χ2n) is 7.90. The lowest BCUT2D eigenvalue weighted by molar-refractivity contribution is -0.0262. The Kier molecular flexibility index (Phi) is 3.83. The molecule has 0 spiro atoms. The molecule has 1 N–H and O–H groups in total. The number of nitrogens with zero attached hydrogens (tertiary/aromatic N) is 5. The number of aromatic nitrogens is 3. The zero-order valence-electron chi connectivity index (χ0n) is 16.5. The van der Waals surface area contributed by atoms with Crippen LogP contribution in [0.15, 0.2) is 66.0 Å². The zero-order valence-corrected chi connectivity index (χ0v) is 16.5. The van der Waals surface area contributed by atoms with Crippen LogP contribution in [0.25, 0.3) is 16.9 Å². The van der Waals surface area contributed by atoms with Crippen molar-refractivity contribution in [1.29, 1.82) is 0 Å². The SMILES string of the molecule is FC1(F)CN(c2ccc(Nc3nc(-c4ccc5c(c4)CN=C5)cn4ccnc34)cc2)C1. The van der Waals surface area contributed by atoms with Crippen LogP contribution in [-0.2, 0) is 6.54 Å². The van der Waals surface area contributed by atoms with E-state index in [0.29, 0.717) is 18.0 Å². The van der Waals surface area contributed by atoms with Crippen LogP contribution >= 0.6 is 0 Å². The van der Waals surface area contributed by atoms with Crippen LogP contribution in [0.3, 0.4) is 0 Å². The Morgan fingerprint density at radius 2 is 1.87 bits per heavy atom. The van der Waals surface area contributed by atoms with Crippen LogP contribution in [0, 0.1) is 0 Å². The van der Waals surface area contributed by atoms with E-state index in [9.17, 15) is 8.78 Å². The van der Waals surface area contributed by atoms with E-state index >= 15 is 0 Å². The average Bonchev–Trinajstić information content (AvgIpc) is 3.41. The van der Waals surface area contributed by atoms with Gasteiger partial charge >= 0.3 is 0 Å². The van der Waals surface area contributed by atoms with Gasteiger partial charge in [0.25, 0.3) is 5.92 Å². The monoisotopic (exact) mass is 416 g/mol. The summed E-state index contributed by atoms with van der Waals surface area (Å²) in [6, 6.07) is 13.6. The fourth-order valence-electron chi connectivity index (χ4n) is 4.01. The molecule has 6 nitrogen and oxygen atoms in total. The molecule has 4 aromatic rings. The maximum absolute atomic E-state index is 13.1. The van der Waals surface area contributed by atoms with E-state index in [1.807, 2.05) is 53.3 Å². The van der Waals surface area contributed by atoms with Crippen molar-refractivity contribution in [2.45, 2.75) is 12.5 Å². The number of hydrogen-bond donors (Lipinski definition) is 1. The fourth-order valence-corrected chi connectivity index (χ4v) is 4.01. The maximum Gasteiger partial charge on any atom is 0.282 e. The summed E-state index contributed by atoms with van der Waals surface area (Å²) >= 11 is 0. The van der Waals surface area contributed by atoms with Crippen molar-refractivity contribution >= 4 is 29.1 Å². The first kappa shape index (κ1) is 18.0. The third kappa shape index (κ3) is 3.20. The minimum atomic E-state index is -2.59. The van der Waals surface area contributed by atoms with Gasteiger partial charge in [-0.05, 0) is 41.5 Å². The lowest BCUT2D eigenvalue weighted by Crippen LogP contribution is -2.56. The van der Waals surface area contributed by atoms with Gasteiger partial charge in [0.1, 0.15) is 0 Å². The number of aliphatic imine (C=N–C) groups is 1. The van der Waals surface area contributed by atoms with Crippen LogP contribution in [0.2, 0.25) is 0 Å². The molecule has 2 aliphatic rings. The molecule has 154 valence electrons. The molecule has 0 radical (unpaired) electrons. The van der Waals surface area contributed by atoms with Gasteiger partial charge in [0.05, 0.1) is 25.3 Å².